The molecule has 8 nitrogen and oxygen atoms in total. The van der Waals surface area contributed by atoms with Gasteiger partial charge in [-0.2, -0.15) is 8.78 Å². The van der Waals surface area contributed by atoms with Gasteiger partial charge < -0.3 is 18.9 Å². The van der Waals surface area contributed by atoms with Crippen molar-refractivity contribution in [3.63, 3.8) is 0 Å². The van der Waals surface area contributed by atoms with E-state index in [0.29, 0.717) is 0 Å². The molecule has 0 amide bonds. The molecular weight excluding hydrogens is 766 g/mol. The van der Waals surface area contributed by atoms with E-state index < -0.39 is 59.3 Å². The third kappa shape index (κ3) is 19.7. The fourth-order valence-corrected chi connectivity index (χ4v) is 4.14. The number of ether oxygens (including phenoxy) is 4. The van der Waals surface area contributed by atoms with Gasteiger partial charge in [-0.05, 0) is 22.4 Å². The summed E-state index contributed by atoms with van der Waals surface area (Å²) in [6.45, 7) is 3.16. The second kappa shape index (κ2) is 24.5. The van der Waals surface area contributed by atoms with Gasteiger partial charge in [0.1, 0.15) is 0 Å². The molecule has 0 aliphatic carbocycles. The zero-order chi connectivity index (χ0) is 39.8. The maximum atomic E-state index is 14.2. The fourth-order valence-electron chi connectivity index (χ4n) is 3.87. The number of halogens is 7. The van der Waals surface area contributed by atoms with Crippen LogP contribution < -0.4 is 0 Å². The van der Waals surface area contributed by atoms with Crippen molar-refractivity contribution < 1.29 is 64.5 Å². The van der Waals surface area contributed by atoms with Crippen LogP contribution in [0.2, 0.25) is 0 Å². The monoisotopic (exact) mass is 806 g/mol. The van der Waals surface area contributed by atoms with Crippen LogP contribution in [0.15, 0.2) is 104 Å². The first-order valence-corrected chi connectivity index (χ1v) is 16.1. The quantitative estimate of drug-likeness (QED) is 0.0554. The Hall–Kier alpha value is -4.66. The molecule has 0 radical (unpaired) electrons. The Labute approximate surface area is 307 Å². The van der Waals surface area contributed by atoms with Crippen LogP contribution in [0.25, 0.3) is 0 Å². The molecule has 0 saturated heterocycles. The number of esters is 4. The lowest BCUT2D eigenvalue weighted by Crippen LogP contribution is -2.26. The predicted octanol–water partition coefficient (Wildman–Crippen LogP) is 9.12. The molecule has 1 atom stereocenters. The molecule has 0 spiro atoms. The van der Waals surface area contributed by atoms with E-state index in [1.165, 1.54) is 69.9 Å². The highest BCUT2D eigenvalue weighted by atomic mass is 79.9. The maximum Gasteiger partial charge on any atom is 0.329 e. The molecule has 0 aliphatic heterocycles. The van der Waals surface area contributed by atoms with Gasteiger partial charge >= 0.3 is 28.7 Å². The van der Waals surface area contributed by atoms with E-state index >= 15 is 0 Å². The number of alkyl halides is 7. The first-order valence-electron chi connectivity index (χ1n) is 15.3. The minimum absolute atomic E-state index is 0.0185. The van der Waals surface area contributed by atoms with E-state index in [9.17, 15) is 45.5 Å². The highest BCUT2D eigenvalue weighted by molar-refractivity contribution is 9.09. The largest absolute Gasteiger partial charge is 0.469 e. The van der Waals surface area contributed by atoms with Crippen LogP contribution in [-0.4, -0.2) is 52.3 Å². The Kier molecular flexibility index (Phi) is 22.3. The smallest absolute Gasteiger partial charge is 0.329 e. The number of rotatable bonds is 13. The van der Waals surface area contributed by atoms with Gasteiger partial charge in [-0.3, -0.25) is 14.4 Å². The van der Waals surface area contributed by atoms with Crippen molar-refractivity contribution in [1.29, 1.82) is 0 Å². The number of methoxy groups -OCH3 is 4. The number of carbonyl (C=O) groups excluding carboxylic acids is 4. The zero-order valence-corrected chi connectivity index (χ0v) is 30.6. The van der Waals surface area contributed by atoms with E-state index in [0.717, 1.165) is 13.2 Å². The van der Waals surface area contributed by atoms with Gasteiger partial charge in [0.05, 0.1) is 40.8 Å². The van der Waals surface area contributed by atoms with Crippen LogP contribution in [0.3, 0.4) is 0 Å². The normalized spacial score (nSPS) is 11.3. The van der Waals surface area contributed by atoms with Crippen molar-refractivity contribution in [2.45, 2.75) is 48.8 Å². The summed E-state index contributed by atoms with van der Waals surface area (Å²) in [5, 5.41) is 0. The molecule has 3 aromatic rings. The summed E-state index contributed by atoms with van der Waals surface area (Å²) in [5.41, 5.74) is -0.263. The number of hydrogen-bond donors (Lipinski definition) is 0. The van der Waals surface area contributed by atoms with Crippen molar-refractivity contribution >= 4 is 39.8 Å². The van der Waals surface area contributed by atoms with Crippen molar-refractivity contribution in [1.82, 2.24) is 0 Å². The minimum atomic E-state index is -3.17. The van der Waals surface area contributed by atoms with Crippen molar-refractivity contribution in [2.75, 3.05) is 28.4 Å². The Balaban J connectivity index is 0.000000729. The standard InChI is InChI=1S/C15H18F2O4.C11H12F2O2.C7H5BrF2.C4H6O2/c1-20-13(18)9-8-11(14(19)21-2)10-15(16,17)12-6-4-3-5-7-12;1-15-10(14)7-8-11(12,13)9-5-3-2-4-6-9;8-7(9,10)6-4-2-1-3-5-6;1-3-4(5)6-2/h3-7,11H,8-10H2,1-2H3;2-6H,7-8H2,1H3;1-5H;3H,1H2,2H3. The SMILES string of the molecule is C=CC(=O)OC.COC(=O)CCC(CC(F)(F)c1ccccc1)C(=O)OC.COC(=O)CCC(F)(F)c1ccccc1.FC(F)(Br)c1ccccc1. The summed E-state index contributed by atoms with van der Waals surface area (Å²) >= 11 is 2.25. The molecule has 1 unspecified atom stereocenters. The Bertz CT molecular complexity index is 1490. The lowest BCUT2D eigenvalue weighted by atomic mass is 9.92. The minimum Gasteiger partial charge on any atom is -0.469 e. The third-order valence-corrected chi connectivity index (χ3v) is 7.15. The van der Waals surface area contributed by atoms with Gasteiger partial charge in [-0.25, -0.2) is 22.4 Å². The first-order chi connectivity index (χ1) is 24.4. The summed E-state index contributed by atoms with van der Waals surface area (Å²) in [7, 11) is 4.83. The summed E-state index contributed by atoms with van der Waals surface area (Å²) in [6, 6.07) is 22.3. The number of benzene rings is 3. The lowest BCUT2D eigenvalue weighted by molar-refractivity contribution is -0.151. The number of carbonyl (C=O) groups is 4. The van der Waals surface area contributed by atoms with Gasteiger partial charge in [0.15, 0.2) is 0 Å². The number of hydrogen-bond acceptors (Lipinski definition) is 8. The molecule has 3 rings (SSSR count). The second-order valence-corrected chi connectivity index (χ2v) is 11.3. The Morgan fingerprint density at radius 3 is 1.37 bits per heavy atom. The zero-order valence-electron chi connectivity index (χ0n) is 29.0. The fraction of sp³-hybridized carbons (Fsp3) is 0.351. The highest BCUT2D eigenvalue weighted by Crippen LogP contribution is 2.37. The molecular formula is C37H41BrF6O8. The molecule has 286 valence electrons. The van der Waals surface area contributed by atoms with Crippen LogP contribution in [0.4, 0.5) is 26.3 Å². The first kappa shape index (κ1) is 47.3. The predicted molar refractivity (Wildman–Crippen MR) is 185 cm³/mol. The van der Waals surface area contributed by atoms with Crippen molar-refractivity contribution in [3.05, 3.63) is 120 Å². The molecule has 0 bridgehead atoms. The van der Waals surface area contributed by atoms with Gasteiger partial charge in [0, 0.05) is 42.0 Å². The topological polar surface area (TPSA) is 105 Å². The van der Waals surface area contributed by atoms with Crippen molar-refractivity contribution in [2.24, 2.45) is 5.92 Å². The van der Waals surface area contributed by atoms with E-state index in [1.54, 1.807) is 42.5 Å². The molecule has 15 heteroatoms. The molecule has 52 heavy (non-hydrogen) atoms. The van der Waals surface area contributed by atoms with Crippen LogP contribution >= 0.6 is 15.9 Å². The summed E-state index contributed by atoms with van der Waals surface area (Å²) in [6.07, 6.45) is -0.550. The van der Waals surface area contributed by atoms with Gasteiger partial charge in [0.2, 0.25) is 0 Å². The third-order valence-electron chi connectivity index (χ3n) is 6.69. The average Bonchev–Trinajstić information content (AvgIpc) is 3.16. The maximum absolute atomic E-state index is 14.2. The average molecular weight is 808 g/mol. The summed E-state index contributed by atoms with van der Waals surface area (Å²) in [5.74, 6) is -9.53. The molecule has 0 aromatic heterocycles. The van der Waals surface area contributed by atoms with Crippen LogP contribution in [0.1, 0.15) is 48.8 Å². The van der Waals surface area contributed by atoms with Gasteiger partial charge in [-0.1, -0.05) is 97.6 Å². The van der Waals surface area contributed by atoms with Crippen LogP contribution in [0.5, 0.6) is 0 Å². The lowest BCUT2D eigenvalue weighted by Gasteiger charge is -2.22. The van der Waals surface area contributed by atoms with Crippen LogP contribution in [-0.2, 0) is 54.8 Å². The molecule has 3 aromatic carbocycles. The van der Waals surface area contributed by atoms with E-state index in [2.05, 4.69) is 41.5 Å². The molecule has 0 N–H and O–H groups in total. The van der Waals surface area contributed by atoms with E-state index in [4.69, 9.17) is 0 Å². The molecule has 0 aliphatic rings. The molecule has 0 heterocycles. The Morgan fingerprint density at radius 2 is 1.04 bits per heavy atom. The highest BCUT2D eigenvalue weighted by Gasteiger charge is 2.38. The van der Waals surface area contributed by atoms with Gasteiger partial charge in [-0.15, -0.1) is 0 Å². The Morgan fingerprint density at radius 1 is 0.635 bits per heavy atom. The van der Waals surface area contributed by atoms with Crippen LogP contribution in [0, 0.1) is 5.92 Å². The van der Waals surface area contributed by atoms with E-state index in [-0.39, 0.29) is 36.0 Å². The summed E-state index contributed by atoms with van der Waals surface area (Å²) < 4.78 is 97.4. The summed E-state index contributed by atoms with van der Waals surface area (Å²) in [4.78, 5) is 40.4. The van der Waals surface area contributed by atoms with E-state index in [1.807, 2.05) is 0 Å². The molecule has 0 fully saturated rings. The van der Waals surface area contributed by atoms with Gasteiger partial charge in [0.25, 0.3) is 11.8 Å². The second-order valence-electron chi connectivity index (χ2n) is 10.3. The molecule has 0 saturated carbocycles. The van der Waals surface area contributed by atoms with Crippen molar-refractivity contribution in [3.8, 4) is 0 Å².